The number of hydrogen-bond donors (Lipinski definition) is 9. The summed E-state index contributed by atoms with van der Waals surface area (Å²) in [5.74, 6) is -0.433. The average molecular weight is 839 g/mol. The van der Waals surface area contributed by atoms with Crippen LogP contribution in [-0.4, -0.2) is 81.1 Å². The van der Waals surface area contributed by atoms with E-state index in [1.165, 1.54) is 0 Å². The van der Waals surface area contributed by atoms with Crippen molar-refractivity contribution >= 4 is 41.5 Å². The molecular formula is C47H62N6O8. The van der Waals surface area contributed by atoms with Crippen molar-refractivity contribution in [3.05, 3.63) is 132 Å². The SMILES string of the molecule is CC.CC(Cc1c[nH]c2ccccc12)NC(=O)[C@H](Cc1ccccc1)NC(=O)C(N)Cc1ccc(O)cc1.CC(Cc1ccc(O)cc1)NC(=O)[C@@H](NC=O)C(C)C.O=CO. The molecule has 0 aliphatic carbocycles. The van der Waals surface area contributed by atoms with Crippen LogP contribution < -0.4 is 27.0 Å². The Morgan fingerprint density at radius 1 is 0.639 bits per heavy atom. The quantitative estimate of drug-likeness (QED) is 0.0562. The molecule has 10 N–H and O–H groups in total. The van der Waals surface area contributed by atoms with Gasteiger partial charge >= 0.3 is 0 Å². The van der Waals surface area contributed by atoms with E-state index in [-0.39, 0.29) is 47.8 Å². The number of fused-ring (bicyclic) bond motifs is 1. The minimum Gasteiger partial charge on any atom is -0.508 e. The fourth-order valence-corrected chi connectivity index (χ4v) is 6.35. The number of H-pyrrole nitrogens is 1. The van der Waals surface area contributed by atoms with E-state index in [1.54, 1.807) is 36.4 Å². The second kappa shape index (κ2) is 27.2. The highest BCUT2D eigenvalue weighted by atomic mass is 16.3. The molecule has 4 amide bonds. The van der Waals surface area contributed by atoms with Crippen molar-refractivity contribution in [2.24, 2.45) is 11.7 Å². The first-order valence-electron chi connectivity index (χ1n) is 20.3. The molecule has 0 radical (unpaired) electrons. The van der Waals surface area contributed by atoms with E-state index < -0.39 is 24.0 Å². The maximum Gasteiger partial charge on any atom is 0.290 e. The summed E-state index contributed by atoms with van der Waals surface area (Å²) in [7, 11) is 0. The lowest BCUT2D eigenvalue weighted by atomic mass is 10.0. The summed E-state index contributed by atoms with van der Waals surface area (Å²) in [6, 6.07) is 28.8. The molecule has 0 aliphatic heterocycles. The molecule has 0 bridgehead atoms. The third-order valence-electron chi connectivity index (χ3n) is 9.30. The number of carbonyl (C=O) groups is 5. The van der Waals surface area contributed by atoms with Gasteiger partial charge in [-0.1, -0.05) is 100 Å². The second-order valence-corrected chi connectivity index (χ2v) is 14.6. The zero-order valence-electron chi connectivity index (χ0n) is 35.8. The Morgan fingerprint density at radius 2 is 1.13 bits per heavy atom. The Morgan fingerprint density at radius 3 is 1.69 bits per heavy atom. The predicted octanol–water partition coefficient (Wildman–Crippen LogP) is 5.16. The number of carboxylic acid groups (broad SMARTS) is 1. The van der Waals surface area contributed by atoms with Gasteiger partial charge in [0.25, 0.3) is 6.47 Å². The van der Waals surface area contributed by atoms with Gasteiger partial charge in [-0.15, -0.1) is 0 Å². The van der Waals surface area contributed by atoms with Crippen molar-refractivity contribution in [2.75, 3.05) is 0 Å². The van der Waals surface area contributed by atoms with Crippen LogP contribution in [0, 0.1) is 5.92 Å². The predicted molar refractivity (Wildman–Crippen MR) is 239 cm³/mol. The van der Waals surface area contributed by atoms with E-state index in [4.69, 9.17) is 15.6 Å². The molecule has 3 unspecified atom stereocenters. The van der Waals surface area contributed by atoms with Crippen LogP contribution in [0.1, 0.15) is 63.8 Å². The lowest BCUT2D eigenvalue weighted by molar-refractivity contribution is -0.129. The summed E-state index contributed by atoms with van der Waals surface area (Å²) in [6.45, 7) is 11.4. The minimum absolute atomic E-state index is 0.0288. The van der Waals surface area contributed by atoms with Gasteiger partial charge in [0.2, 0.25) is 24.1 Å². The first-order valence-corrected chi connectivity index (χ1v) is 20.3. The maximum absolute atomic E-state index is 13.3. The van der Waals surface area contributed by atoms with Gasteiger partial charge in [-0.2, -0.15) is 0 Å². The molecule has 14 heteroatoms. The zero-order chi connectivity index (χ0) is 45.3. The highest BCUT2D eigenvalue weighted by Gasteiger charge is 2.26. The van der Waals surface area contributed by atoms with Gasteiger partial charge in [0.15, 0.2) is 0 Å². The van der Waals surface area contributed by atoms with E-state index in [0.717, 1.165) is 33.2 Å². The molecule has 5 aromatic rings. The number of amides is 4. The number of nitrogens with two attached hydrogens (primary N) is 1. The number of para-hydroxylation sites is 1. The van der Waals surface area contributed by atoms with E-state index in [1.807, 2.05) is 108 Å². The third-order valence-corrected chi connectivity index (χ3v) is 9.30. The molecule has 328 valence electrons. The molecule has 14 nitrogen and oxygen atoms in total. The first-order chi connectivity index (χ1) is 29.2. The molecule has 0 saturated heterocycles. The molecule has 0 aliphatic rings. The van der Waals surface area contributed by atoms with Gasteiger partial charge in [-0.25, -0.2) is 0 Å². The largest absolute Gasteiger partial charge is 0.508 e. The Balaban J connectivity index is 0.000000434. The Hall–Kier alpha value is -6.67. The lowest BCUT2D eigenvalue weighted by Gasteiger charge is -2.23. The summed E-state index contributed by atoms with van der Waals surface area (Å²) < 4.78 is 0. The molecule has 61 heavy (non-hydrogen) atoms. The molecule has 0 fully saturated rings. The number of rotatable bonds is 17. The Kier molecular flexibility index (Phi) is 22.5. The number of aromatic amines is 1. The number of hydrogen-bond acceptors (Lipinski definition) is 8. The van der Waals surface area contributed by atoms with Crippen LogP contribution in [0.15, 0.2) is 109 Å². The third kappa shape index (κ3) is 18.0. The Labute approximate surface area is 358 Å². The van der Waals surface area contributed by atoms with Crippen LogP contribution in [0.25, 0.3) is 10.9 Å². The molecule has 0 spiro atoms. The Bertz CT molecular complexity index is 2060. The highest BCUT2D eigenvalue weighted by molar-refractivity contribution is 5.90. The number of aromatic hydroxyl groups is 2. The van der Waals surface area contributed by atoms with Gasteiger partial charge in [0.05, 0.1) is 6.04 Å². The number of carbonyl (C=O) groups excluding carboxylic acids is 4. The zero-order valence-corrected chi connectivity index (χ0v) is 35.8. The fraction of sp³-hybridized carbons (Fsp3) is 0.340. The average Bonchev–Trinajstić information content (AvgIpc) is 3.64. The molecule has 1 heterocycles. The van der Waals surface area contributed by atoms with Crippen molar-refractivity contribution in [1.82, 2.24) is 26.3 Å². The highest BCUT2D eigenvalue weighted by Crippen LogP contribution is 2.19. The molecule has 1 aromatic heterocycles. The van der Waals surface area contributed by atoms with Crippen molar-refractivity contribution in [1.29, 1.82) is 0 Å². The number of nitrogens with one attached hydrogen (secondary N) is 5. The summed E-state index contributed by atoms with van der Waals surface area (Å²) >= 11 is 0. The van der Waals surface area contributed by atoms with E-state index in [0.29, 0.717) is 32.1 Å². The molecule has 5 rings (SSSR count). The lowest BCUT2D eigenvalue weighted by Crippen LogP contribution is -2.54. The second-order valence-electron chi connectivity index (χ2n) is 14.6. The van der Waals surface area contributed by atoms with Crippen molar-refractivity contribution in [2.45, 2.75) is 97.4 Å². The van der Waals surface area contributed by atoms with E-state index in [2.05, 4.69) is 32.3 Å². The topological polar surface area (TPSA) is 236 Å². The number of benzene rings is 4. The van der Waals surface area contributed by atoms with Crippen molar-refractivity contribution in [3.63, 3.8) is 0 Å². The summed E-state index contributed by atoms with van der Waals surface area (Å²) in [5, 5.41) is 38.1. The first kappa shape index (κ1) is 50.5. The maximum atomic E-state index is 13.3. The fourth-order valence-electron chi connectivity index (χ4n) is 6.35. The summed E-state index contributed by atoms with van der Waals surface area (Å²) in [4.78, 5) is 60.4. The van der Waals surface area contributed by atoms with Crippen LogP contribution in [0.2, 0.25) is 0 Å². The van der Waals surface area contributed by atoms with Gasteiger partial charge < -0.3 is 47.3 Å². The normalized spacial score (nSPS) is 12.8. The standard InChI is InChI=1S/C29H32N4O3.C15H22N2O3.C2H6.CH2O2/c1-19(15-22-18-31-26-10-6-5-9-24(22)26)32-29(36)27(17-20-7-3-2-4-8-20)33-28(35)25(30)16-21-11-13-23(34)14-12-21;1-10(2)14(16-9-18)15(20)17-11(3)8-12-4-6-13(19)7-5-12;1-2;2-1-3/h2-14,18-19,25,27,31,34H,15-17,30H2,1H3,(H,32,36)(H,33,35);4-7,9-11,14,19H,8H2,1-3H3,(H,16,18)(H,17,20);1-2H3;1H,(H,2,3)/t19?,25?,27-;11?,14-;;/m00../s1. The van der Waals surface area contributed by atoms with Crippen LogP contribution >= 0.6 is 0 Å². The molecular weight excluding hydrogens is 777 g/mol. The van der Waals surface area contributed by atoms with Crippen LogP contribution in [-0.2, 0) is 49.7 Å². The van der Waals surface area contributed by atoms with E-state index >= 15 is 0 Å². The number of aromatic nitrogens is 1. The summed E-state index contributed by atoms with van der Waals surface area (Å²) in [5.41, 5.74) is 11.1. The van der Waals surface area contributed by atoms with Crippen LogP contribution in [0.5, 0.6) is 11.5 Å². The summed E-state index contributed by atoms with van der Waals surface area (Å²) in [6.07, 6.45) is 4.49. The van der Waals surface area contributed by atoms with Crippen LogP contribution in [0.3, 0.4) is 0 Å². The minimum atomic E-state index is -0.829. The van der Waals surface area contributed by atoms with Crippen molar-refractivity contribution < 1.29 is 39.3 Å². The monoisotopic (exact) mass is 838 g/mol. The van der Waals surface area contributed by atoms with Gasteiger partial charge in [-0.05, 0) is 91.6 Å². The van der Waals surface area contributed by atoms with Crippen LogP contribution in [0.4, 0.5) is 0 Å². The van der Waals surface area contributed by atoms with Gasteiger partial charge in [0.1, 0.15) is 23.6 Å². The molecule has 4 aromatic carbocycles. The van der Waals surface area contributed by atoms with Crippen molar-refractivity contribution in [3.8, 4) is 11.5 Å². The van der Waals surface area contributed by atoms with Gasteiger partial charge in [0, 0.05) is 35.6 Å². The number of phenolic OH excluding ortho intramolecular Hbond substituents is 2. The van der Waals surface area contributed by atoms with E-state index in [9.17, 15) is 29.4 Å². The number of phenols is 2. The van der Waals surface area contributed by atoms with Gasteiger partial charge in [-0.3, -0.25) is 24.0 Å². The smallest absolute Gasteiger partial charge is 0.290 e. The molecule has 5 atom stereocenters. The molecule has 0 saturated carbocycles.